The van der Waals surface area contributed by atoms with Gasteiger partial charge in [-0.05, 0) is 0 Å². The van der Waals surface area contributed by atoms with Gasteiger partial charge in [-0.25, -0.2) is 0 Å². The van der Waals surface area contributed by atoms with Crippen molar-refractivity contribution in [2.45, 2.75) is 10.1 Å². The number of benzene rings is 1. The molecule has 106 valence electrons. The minimum atomic E-state index is -0.789. The second kappa shape index (κ2) is 6.14. The Hall–Kier alpha value is -1.74. The fourth-order valence-electron chi connectivity index (χ4n) is 1.40. The maximum Gasteiger partial charge on any atom is 0.305 e. The largest absolute Gasteiger partial charge is 0.353 e. The zero-order valence-electron chi connectivity index (χ0n) is 10.7. The summed E-state index contributed by atoms with van der Waals surface area (Å²) in [4.78, 5) is 11.8. The summed E-state index contributed by atoms with van der Waals surface area (Å²) in [5.74, 6) is -0.516. The number of halogens is 1. The first-order valence-corrected chi connectivity index (χ1v) is 7.34. The summed E-state index contributed by atoms with van der Waals surface area (Å²) in [5.41, 5.74) is -0.222. The molecule has 0 saturated carbocycles. The summed E-state index contributed by atoms with van der Waals surface area (Å²) >= 11 is 2.69. The van der Waals surface area contributed by atoms with Gasteiger partial charge in [-0.1, -0.05) is 35.2 Å². The molecule has 0 saturated heterocycles. The first-order chi connectivity index (χ1) is 9.49. The van der Waals surface area contributed by atoms with Crippen LogP contribution in [0.2, 0.25) is 0 Å². The molecule has 0 aliphatic heterocycles. The fraction of sp³-hybridized carbons (Fsp3) is 0.273. The highest BCUT2D eigenvalue weighted by molar-refractivity contribution is 8.00. The Balaban J connectivity index is 2.10. The Bertz CT molecular complexity index is 633. The molecule has 2 aromatic rings. The van der Waals surface area contributed by atoms with E-state index in [0.717, 1.165) is 11.2 Å². The number of hydrogen-bond acceptors (Lipinski definition) is 7. The van der Waals surface area contributed by atoms with Crippen molar-refractivity contribution in [2.24, 2.45) is 0 Å². The maximum atomic E-state index is 13.9. The summed E-state index contributed by atoms with van der Waals surface area (Å²) < 4.78 is 14.6. The Kier molecular flexibility index (Phi) is 4.50. The first kappa shape index (κ1) is 14.7. The monoisotopic (exact) mass is 314 g/mol. The lowest BCUT2D eigenvalue weighted by molar-refractivity contribution is -0.387. The molecule has 2 rings (SSSR count). The number of nitro benzene ring substituents is 1. The Morgan fingerprint density at radius 2 is 2.20 bits per heavy atom. The van der Waals surface area contributed by atoms with Crippen LogP contribution in [0.5, 0.6) is 0 Å². The molecular formula is C11H11FN4O2S2. The number of anilines is 1. The molecule has 0 amide bonds. The van der Waals surface area contributed by atoms with E-state index >= 15 is 0 Å². The third-order valence-electron chi connectivity index (χ3n) is 2.38. The van der Waals surface area contributed by atoms with Crippen LogP contribution in [0.4, 0.5) is 15.2 Å². The SMILES string of the molecule is CN(C)c1nnc(SCc2cccc([N+](=O)[O-])c2F)s1. The van der Waals surface area contributed by atoms with E-state index < -0.39 is 16.4 Å². The third kappa shape index (κ3) is 3.23. The molecule has 0 aliphatic carbocycles. The van der Waals surface area contributed by atoms with Gasteiger partial charge in [-0.2, -0.15) is 4.39 Å². The number of rotatable bonds is 5. The highest BCUT2D eigenvalue weighted by Gasteiger charge is 2.17. The zero-order chi connectivity index (χ0) is 14.7. The van der Waals surface area contributed by atoms with Crippen LogP contribution in [-0.4, -0.2) is 29.2 Å². The van der Waals surface area contributed by atoms with Crippen LogP contribution in [-0.2, 0) is 5.75 Å². The summed E-state index contributed by atoms with van der Waals surface area (Å²) in [5, 5.41) is 19.4. The molecule has 6 nitrogen and oxygen atoms in total. The molecule has 0 unspecified atom stereocenters. The van der Waals surface area contributed by atoms with Crippen LogP contribution in [0.1, 0.15) is 5.56 Å². The average Bonchev–Trinajstić information content (AvgIpc) is 2.86. The smallest absolute Gasteiger partial charge is 0.305 e. The molecule has 0 spiro atoms. The van der Waals surface area contributed by atoms with Crippen molar-refractivity contribution in [3.63, 3.8) is 0 Å². The average molecular weight is 314 g/mol. The molecule has 0 fully saturated rings. The molecular weight excluding hydrogens is 303 g/mol. The van der Waals surface area contributed by atoms with Crippen molar-refractivity contribution in [3.05, 3.63) is 39.7 Å². The van der Waals surface area contributed by atoms with Crippen LogP contribution < -0.4 is 4.90 Å². The predicted molar refractivity (Wildman–Crippen MR) is 76.9 cm³/mol. The lowest BCUT2D eigenvalue weighted by atomic mass is 10.2. The van der Waals surface area contributed by atoms with E-state index in [2.05, 4.69) is 10.2 Å². The molecule has 0 aliphatic rings. The van der Waals surface area contributed by atoms with Gasteiger partial charge in [0.25, 0.3) is 0 Å². The molecule has 0 bridgehead atoms. The van der Waals surface area contributed by atoms with E-state index in [9.17, 15) is 14.5 Å². The van der Waals surface area contributed by atoms with E-state index in [-0.39, 0.29) is 11.3 Å². The zero-order valence-corrected chi connectivity index (χ0v) is 12.4. The van der Waals surface area contributed by atoms with Gasteiger partial charge in [0.15, 0.2) is 4.34 Å². The summed E-state index contributed by atoms with van der Waals surface area (Å²) in [6.07, 6.45) is 0. The molecule has 20 heavy (non-hydrogen) atoms. The van der Waals surface area contributed by atoms with Gasteiger partial charge < -0.3 is 4.90 Å². The Labute approximate surface area is 122 Å². The van der Waals surface area contributed by atoms with E-state index in [1.54, 1.807) is 0 Å². The predicted octanol–water partition coefficient (Wildman–Crippen LogP) is 2.94. The normalized spacial score (nSPS) is 10.6. The van der Waals surface area contributed by atoms with Crippen LogP contribution in [0, 0.1) is 15.9 Å². The lowest BCUT2D eigenvalue weighted by Crippen LogP contribution is -2.07. The van der Waals surface area contributed by atoms with Crippen molar-refractivity contribution < 1.29 is 9.31 Å². The number of nitro groups is 1. The molecule has 9 heteroatoms. The fourth-order valence-corrected chi connectivity index (χ4v) is 3.14. The summed E-state index contributed by atoms with van der Waals surface area (Å²) in [7, 11) is 3.71. The lowest BCUT2D eigenvalue weighted by Gasteiger charge is -2.04. The van der Waals surface area contributed by atoms with E-state index in [0.29, 0.717) is 4.34 Å². The second-order valence-corrected chi connectivity index (χ2v) is 6.22. The topological polar surface area (TPSA) is 72.2 Å². The standard InChI is InChI=1S/C11H11FN4O2S2/c1-15(2)10-13-14-11(20-10)19-6-7-4-3-5-8(9(7)12)16(17)18/h3-5H,6H2,1-2H3. The second-order valence-electron chi connectivity index (χ2n) is 4.04. The van der Waals surface area contributed by atoms with Gasteiger partial charge in [-0.3, -0.25) is 10.1 Å². The molecule has 1 aromatic carbocycles. The maximum absolute atomic E-state index is 13.9. The number of nitrogens with zero attached hydrogens (tertiary/aromatic N) is 4. The molecule has 0 N–H and O–H groups in total. The van der Waals surface area contributed by atoms with Gasteiger partial charge in [0, 0.05) is 31.5 Å². The van der Waals surface area contributed by atoms with Crippen LogP contribution in [0.15, 0.2) is 22.5 Å². The summed E-state index contributed by atoms with van der Waals surface area (Å²) in [6, 6.07) is 4.16. The van der Waals surface area contributed by atoms with E-state index in [4.69, 9.17) is 0 Å². The van der Waals surface area contributed by atoms with Crippen molar-refractivity contribution in [2.75, 3.05) is 19.0 Å². The van der Waals surface area contributed by atoms with Gasteiger partial charge in [0.2, 0.25) is 10.9 Å². The Morgan fingerprint density at radius 3 is 2.80 bits per heavy atom. The first-order valence-electron chi connectivity index (χ1n) is 5.54. The third-order valence-corrected chi connectivity index (χ3v) is 4.66. The minimum absolute atomic E-state index is 0.273. The number of aromatic nitrogens is 2. The highest BCUT2D eigenvalue weighted by atomic mass is 32.2. The number of hydrogen-bond donors (Lipinski definition) is 0. The van der Waals surface area contributed by atoms with Crippen LogP contribution in [0.25, 0.3) is 0 Å². The van der Waals surface area contributed by atoms with Crippen LogP contribution in [0.3, 0.4) is 0 Å². The van der Waals surface area contributed by atoms with Gasteiger partial charge in [0.05, 0.1) is 4.92 Å². The highest BCUT2D eigenvalue weighted by Crippen LogP contribution is 2.31. The minimum Gasteiger partial charge on any atom is -0.353 e. The van der Waals surface area contributed by atoms with Crippen molar-refractivity contribution in [1.82, 2.24) is 10.2 Å². The van der Waals surface area contributed by atoms with Gasteiger partial charge in [-0.15, -0.1) is 10.2 Å². The number of thioether (sulfide) groups is 1. The van der Waals surface area contributed by atoms with Gasteiger partial charge in [0.1, 0.15) is 0 Å². The van der Waals surface area contributed by atoms with Crippen molar-refractivity contribution >= 4 is 33.9 Å². The molecule has 0 atom stereocenters. The van der Waals surface area contributed by atoms with E-state index in [1.807, 2.05) is 19.0 Å². The van der Waals surface area contributed by atoms with E-state index in [1.165, 1.54) is 35.2 Å². The van der Waals surface area contributed by atoms with Crippen LogP contribution >= 0.6 is 23.1 Å². The molecule has 1 heterocycles. The quantitative estimate of drug-likeness (QED) is 0.480. The van der Waals surface area contributed by atoms with Gasteiger partial charge >= 0.3 is 5.69 Å². The molecule has 0 radical (unpaired) electrons. The molecule has 1 aromatic heterocycles. The Morgan fingerprint density at radius 1 is 1.45 bits per heavy atom. The van der Waals surface area contributed by atoms with Crippen molar-refractivity contribution in [1.29, 1.82) is 0 Å². The summed E-state index contributed by atoms with van der Waals surface area (Å²) in [6.45, 7) is 0. The van der Waals surface area contributed by atoms with Crippen molar-refractivity contribution in [3.8, 4) is 0 Å².